The molecule has 4 heteroatoms. The van der Waals surface area contributed by atoms with E-state index in [0.29, 0.717) is 5.56 Å². The van der Waals surface area contributed by atoms with E-state index in [2.05, 4.69) is 0 Å². The number of hydrogen-bond acceptors (Lipinski definition) is 1. The van der Waals surface area contributed by atoms with Crippen molar-refractivity contribution < 1.29 is 18.3 Å². The lowest BCUT2D eigenvalue weighted by Gasteiger charge is -2.12. The summed E-state index contributed by atoms with van der Waals surface area (Å²) in [6.07, 6.45) is -4.32. The van der Waals surface area contributed by atoms with E-state index >= 15 is 0 Å². The molecule has 0 atom stereocenters. The molecule has 19 heavy (non-hydrogen) atoms. The molecule has 0 spiro atoms. The average Bonchev–Trinajstić information content (AvgIpc) is 2.27. The zero-order valence-electron chi connectivity index (χ0n) is 10.5. The van der Waals surface area contributed by atoms with E-state index < -0.39 is 11.7 Å². The smallest absolute Gasteiger partial charge is 0.416 e. The van der Waals surface area contributed by atoms with Crippen molar-refractivity contribution in [1.29, 1.82) is 0 Å². The Morgan fingerprint density at radius 1 is 0.895 bits per heavy atom. The molecule has 0 aliphatic heterocycles. The third-order valence-electron chi connectivity index (χ3n) is 3.02. The molecule has 0 amide bonds. The SMILES string of the molecule is Cc1cc(O)cc(C)c1-c1ccc(C(F)(F)F)cc1. The second-order valence-corrected chi connectivity index (χ2v) is 4.53. The van der Waals surface area contributed by atoms with E-state index in [4.69, 9.17) is 0 Å². The van der Waals surface area contributed by atoms with Crippen LogP contribution in [0.4, 0.5) is 13.2 Å². The van der Waals surface area contributed by atoms with Gasteiger partial charge in [0.2, 0.25) is 0 Å². The molecule has 0 saturated heterocycles. The minimum absolute atomic E-state index is 0.158. The van der Waals surface area contributed by atoms with Crippen LogP contribution in [0.1, 0.15) is 16.7 Å². The average molecular weight is 266 g/mol. The van der Waals surface area contributed by atoms with Crippen LogP contribution in [0.2, 0.25) is 0 Å². The van der Waals surface area contributed by atoms with Crippen molar-refractivity contribution >= 4 is 0 Å². The minimum Gasteiger partial charge on any atom is -0.508 e. The summed E-state index contributed by atoms with van der Waals surface area (Å²) in [5.74, 6) is 0.158. The molecular formula is C15H13F3O. The summed E-state index contributed by atoms with van der Waals surface area (Å²) >= 11 is 0. The fourth-order valence-electron chi connectivity index (χ4n) is 2.22. The molecule has 2 aromatic carbocycles. The van der Waals surface area contributed by atoms with Gasteiger partial charge in [-0.3, -0.25) is 0 Å². The summed E-state index contributed by atoms with van der Waals surface area (Å²) in [4.78, 5) is 0. The maximum absolute atomic E-state index is 12.5. The largest absolute Gasteiger partial charge is 0.508 e. The number of alkyl halides is 3. The van der Waals surface area contributed by atoms with Crippen molar-refractivity contribution in [2.45, 2.75) is 20.0 Å². The topological polar surface area (TPSA) is 20.2 Å². The minimum atomic E-state index is -4.32. The van der Waals surface area contributed by atoms with Crippen LogP contribution in [0.5, 0.6) is 5.75 Å². The van der Waals surface area contributed by atoms with Gasteiger partial charge in [-0.1, -0.05) is 12.1 Å². The number of aryl methyl sites for hydroxylation is 2. The van der Waals surface area contributed by atoms with E-state index in [1.165, 1.54) is 12.1 Å². The van der Waals surface area contributed by atoms with Crippen LogP contribution in [-0.2, 0) is 6.18 Å². The van der Waals surface area contributed by atoms with Crippen molar-refractivity contribution in [2.24, 2.45) is 0 Å². The van der Waals surface area contributed by atoms with Crippen LogP contribution in [0.3, 0.4) is 0 Å². The van der Waals surface area contributed by atoms with Gasteiger partial charge in [0.05, 0.1) is 5.56 Å². The molecular weight excluding hydrogens is 253 g/mol. The maximum atomic E-state index is 12.5. The third kappa shape index (κ3) is 2.72. The number of aromatic hydroxyl groups is 1. The number of phenols is 1. The van der Waals surface area contributed by atoms with Crippen LogP contribution >= 0.6 is 0 Å². The fourth-order valence-corrected chi connectivity index (χ4v) is 2.22. The van der Waals surface area contributed by atoms with Gasteiger partial charge in [-0.25, -0.2) is 0 Å². The summed E-state index contributed by atoms with van der Waals surface area (Å²) in [6, 6.07) is 8.24. The molecule has 0 aliphatic rings. The van der Waals surface area contributed by atoms with Crippen LogP contribution < -0.4 is 0 Å². The summed E-state index contributed by atoms with van der Waals surface area (Å²) < 4.78 is 37.5. The van der Waals surface area contributed by atoms with Gasteiger partial charge in [0, 0.05) is 0 Å². The highest BCUT2D eigenvalue weighted by atomic mass is 19.4. The highest BCUT2D eigenvalue weighted by Crippen LogP contribution is 2.34. The zero-order chi connectivity index (χ0) is 14.2. The molecule has 2 aromatic rings. The number of hydrogen-bond donors (Lipinski definition) is 1. The Kier molecular flexibility index (Phi) is 3.27. The lowest BCUT2D eigenvalue weighted by Crippen LogP contribution is -2.04. The zero-order valence-corrected chi connectivity index (χ0v) is 10.5. The van der Waals surface area contributed by atoms with Crippen molar-refractivity contribution in [3.8, 4) is 16.9 Å². The van der Waals surface area contributed by atoms with E-state index in [-0.39, 0.29) is 5.75 Å². The monoisotopic (exact) mass is 266 g/mol. The van der Waals surface area contributed by atoms with Crippen LogP contribution in [0.15, 0.2) is 36.4 Å². The second-order valence-electron chi connectivity index (χ2n) is 4.53. The maximum Gasteiger partial charge on any atom is 0.416 e. The lowest BCUT2D eigenvalue weighted by atomic mass is 9.95. The highest BCUT2D eigenvalue weighted by Gasteiger charge is 2.30. The third-order valence-corrected chi connectivity index (χ3v) is 3.02. The fraction of sp³-hybridized carbons (Fsp3) is 0.200. The molecule has 0 radical (unpaired) electrons. The summed E-state index contributed by atoms with van der Waals surface area (Å²) in [5, 5.41) is 9.47. The first-order valence-electron chi connectivity index (χ1n) is 5.77. The molecule has 1 nitrogen and oxygen atoms in total. The van der Waals surface area contributed by atoms with Crippen LogP contribution in [0, 0.1) is 13.8 Å². The van der Waals surface area contributed by atoms with Crippen LogP contribution in [-0.4, -0.2) is 5.11 Å². The Morgan fingerprint density at radius 3 is 1.79 bits per heavy atom. The molecule has 0 saturated carbocycles. The summed E-state index contributed by atoms with van der Waals surface area (Å²) in [6.45, 7) is 3.64. The van der Waals surface area contributed by atoms with Gasteiger partial charge >= 0.3 is 6.18 Å². The Hall–Kier alpha value is -1.97. The van der Waals surface area contributed by atoms with Gasteiger partial charge < -0.3 is 5.11 Å². The normalized spacial score (nSPS) is 11.6. The number of benzene rings is 2. The molecule has 0 unspecified atom stereocenters. The Morgan fingerprint density at radius 2 is 1.37 bits per heavy atom. The first-order valence-corrected chi connectivity index (χ1v) is 5.77. The highest BCUT2D eigenvalue weighted by molar-refractivity contribution is 5.72. The number of rotatable bonds is 1. The van der Waals surface area contributed by atoms with Gasteiger partial charge in [-0.2, -0.15) is 13.2 Å². The van der Waals surface area contributed by atoms with E-state index in [1.54, 1.807) is 12.1 Å². The quantitative estimate of drug-likeness (QED) is 0.793. The second kappa shape index (κ2) is 4.61. The molecule has 0 bridgehead atoms. The Bertz CT molecular complexity index is 575. The van der Waals surface area contributed by atoms with Crippen molar-refractivity contribution in [3.63, 3.8) is 0 Å². The van der Waals surface area contributed by atoms with Gasteiger partial charge in [0.1, 0.15) is 5.75 Å². The molecule has 2 rings (SSSR count). The summed E-state index contributed by atoms with van der Waals surface area (Å²) in [7, 11) is 0. The Balaban J connectivity index is 2.49. The first kappa shape index (κ1) is 13.5. The lowest BCUT2D eigenvalue weighted by molar-refractivity contribution is -0.137. The van der Waals surface area contributed by atoms with Gasteiger partial charge in [0.25, 0.3) is 0 Å². The van der Waals surface area contributed by atoms with E-state index in [9.17, 15) is 18.3 Å². The molecule has 0 aliphatic carbocycles. The van der Waals surface area contributed by atoms with Gasteiger partial charge in [0.15, 0.2) is 0 Å². The van der Waals surface area contributed by atoms with Gasteiger partial charge in [-0.15, -0.1) is 0 Å². The predicted molar refractivity (Wildman–Crippen MR) is 68.0 cm³/mol. The summed E-state index contributed by atoms with van der Waals surface area (Å²) in [5.41, 5.74) is 2.56. The van der Waals surface area contributed by atoms with Crippen LogP contribution in [0.25, 0.3) is 11.1 Å². The van der Waals surface area contributed by atoms with Crippen molar-refractivity contribution in [2.75, 3.05) is 0 Å². The van der Waals surface area contributed by atoms with E-state index in [0.717, 1.165) is 28.8 Å². The molecule has 0 aromatic heterocycles. The molecule has 1 N–H and O–H groups in total. The number of halogens is 3. The molecule has 100 valence electrons. The number of phenolic OH excluding ortho intramolecular Hbond substituents is 1. The van der Waals surface area contributed by atoms with Gasteiger partial charge in [-0.05, 0) is 60.4 Å². The molecule has 0 fully saturated rings. The van der Waals surface area contributed by atoms with E-state index in [1.807, 2.05) is 13.8 Å². The molecule has 0 heterocycles. The predicted octanol–water partition coefficient (Wildman–Crippen LogP) is 4.69. The standard InChI is InChI=1S/C15H13F3O/c1-9-7-13(19)8-10(2)14(9)11-3-5-12(6-4-11)15(16,17)18/h3-8,19H,1-2H3. The first-order chi connectivity index (χ1) is 8.79. The van der Waals surface area contributed by atoms with Crippen molar-refractivity contribution in [3.05, 3.63) is 53.1 Å². The Labute approximate surface area is 109 Å². The van der Waals surface area contributed by atoms with Crippen molar-refractivity contribution in [1.82, 2.24) is 0 Å².